The number of nitrogens with two attached hydrogens (primary N) is 1. The molecule has 0 amide bonds. The first-order valence-corrected chi connectivity index (χ1v) is 6.85. The molecule has 118 valence electrons. The monoisotopic (exact) mass is 302 g/mol. The van der Waals surface area contributed by atoms with E-state index in [9.17, 15) is 13.2 Å². The molecule has 0 saturated carbocycles. The lowest BCUT2D eigenvalue weighted by atomic mass is 9.96. The van der Waals surface area contributed by atoms with Gasteiger partial charge in [0.15, 0.2) is 0 Å². The molecule has 0 radical (unpaired) electrons. The lowest BCUT2D eigenvalue weighted by Gasteiger charge is -2.41. The van der Waals surface area contributed by atoms with Crippen molar-refractivity contribution in [3.63, 3.8) is 0 Å². The average molecular weight is 302 g/mol. The molecular weight excluding hydrogens is 281 g/mol. The highest BCUT2D eigenvalue weighted by Gasteiger charge is 2.32. The molecule has 0 spiro atoms. The molecule has 7 heteroatoms. The maximum Gasteiger partial charge on any atom is 0.416 e. The highest BCUT2D eigenvalue weighted by molar-refractivity contribution is 5.28. The van der Waals surface area contributed by atoms with E-state index in [-0.39, 0.29) is 12.1 Å². The molecule has 2 rings (SSSR count). The SMILES string of the molecule is CN1CCN(C)C(C(NN)c2ccc(C(F)(F)F)cc2)C1. The quantitative estimate of drug-likeness (QED) is 0.655. The third-order valence-corrected chi connectivity index (χ3v) is 4.06. The van der Waals surface area contributed by atoms with E-state index in [1.165, 1.54) is 12.1 Å². The van der Waals surface area contributed by atoms with Crippen LogP contribution in [0.4, 0.5) is 13.2 Å². The number of halogens is 3. The zero-order chi connectivity index (χ0) is 15.6. The zero-order valence-corrected chi connectivity index (χ0v) is 12.2. The third-order valence-electron chi connectivity index (χ3n) is 4.06. The smallest absolute Gasteiger partial charge is 0.303 e. The number of hydrogen-bond donors (Lipinski definition) is 2. The Kier molecular flexibility index (Phi) is 4.88. The van der Waals surface area contributed by atoms with E-state index in [0.717, 1.165) is 37.3 Å². The van der Waals surface area contributed by atoms with Crippen LogP contribution in [-0.4, -0.2) is 49.6 Å². The number of nitrogens with one attached hydrogen (secondary N) is 1. The van der Waals surface area contributed by atoms with Crippen molar-refractivity contribution < 1.29 is 13.2 Å². The van der Waals surface area contributed by atoms with E-state index < -0.39 is 11.7 Å². The number of piperazine rings is 1. The molecule has 4 nitrogen and oxygen atoms in total. The lowest BCUT2D eigenvalue weighted by Crippen LogP contribution is -2.56. The minimum atomic E-state index is -4.31. The molecular formula is C14H21F3N4. The fourth-order valence-electron chi connectivity index (χ4n) is 2.71. The Balaban J connectivity index is 2.20. The minimum Gasteiger partial charge on any atom is -0.303 e. The largest absolute Gasteiger partial charge is 0.416 e. The van der Waals surface area contributed by atoms with Gasteiger partial charge in [-0.1, -0.05) is 12.1 Å². The maximum absolute atomic E-state index is 12.6. The second-order valence-corrected chi connectivity index (χ2v) is 5.57. The normalized spacial score (nSPS) is 23.2. The van der Waals surface area contributed by atoms with Gasteiger partial charge in [-0.15, -0.1) is 0 Å². The van der Waals surface area contributed by atoms with E-state index in [1.54, 1.807) is 0 Å². The molecule has 1 aliphatic rings. The molecule has 21 heavy (non-hydrogen) atoms. The summed E-state index contributed by atoms with van der Waals surface area (Å²) < 4.78 is 37.8. The molecule has 1 heterocycles. The van der Waals surface area contributed by atoms with Gasteiger partial charge in [-0.05, 0) is 31.8 Å². The van der Waals surface area contributed by atoms with Gasteiger partial charge in [0.25, 0.3) is 0 Å². The van der Waals surface area contributed by atoms with Gasteiger partial charge >= 0.3 is 6.18 Å². The second-order valence-electron chi connectivity index (χ2n) is 5.57. The molecule has 1 saturated heterocycles. The summed E-state index contributed by atoms with van der Waals surface area (Å²) in [4.78, 5) is 4.38. The summed E-state index contributed by atoms with van der Waals surface area (Å²) in [5.41, 5.74) is 2.87. The minimum absolute atomic E-state index is 0.116. The van der Waals surface area contributed by atoms with Gasteiger partial charge in [0.2, 0.25) is 0 Å². The zero-order valence-electron chi connectivity index (χ0n) is 12.2. The standard InChI is InChI=1S/C14H21F3N4/c1-20-7-8-21(2)12(9-20)13(19-18)10-3-5-11(6-4-10)14(15,16)17/h3-6,12-13,19H,7-9,18H2,1-2H3. The molecule has 0 aliphatic carbocycles. The second kappa shape index (κ2) is 6.31. The van der Waals surface area contributed by atoms with Gasteiger partial charge in [-0.25, -0.2) is 0 Å². The summed E-state index contributed by atoms with van der Waals surface area (Å²) in [6, 6.07) is 5.11. The van der Waals surface area contributed by atoms with Crippen molar-refractivity contribution in [2.45, 2.75) is 18.3 Å². The van der Waals surface area contributed by atoms with Crippen molar-refractivity contribution in [1.29, 1.82) is 0 Å². The maximum atomic E-state index is 12.6. The Hall–Kier alpha value is -1.15. The van der Waals surface area contributed by atoms with Crippen molar-refractivity contribution in [1.82, 2.24) is 15.2 Å². The summed E-state index contributed by atoms with van der Waals surface area (Å²) in [7, 11) is 4.03. The van der Waals surface area contributed by atoms with Crippen LogP contribution in [0.25, 0.3) is 0 Å². The van der Waals surface area contributed by atoms with Gasteiger partial charge in [-0.3, -0.25) is 16.2 Å². The molecule has 0 bridgehead atoms. The van der Waals surface area contributed by atoms with Gasteiger partial charge in [0.1, 0.15) is 0 Å². The first-order chi connectivity index (χ1) is 9.82. The van der Waals surface area contributed by atoms with Crippen LogP contribution in [-0.2, 0) is 6.18 Å². The Morgan fingerprint density at radius 2 is 1.81 bits per heavy atom. The van der Waals surface area contributed by atoms with Gasteiger partial charge in [0, 0.05) is 25.7 Å². The predicted molar refractivity (Wildman–Crippen MR) is 75.4 cm³/mol. The summed E-state index contributed by atoms with van der Waals surface area (Å²) in [6.07, 6.45) is -4.31. The molecule has 1 aromatic rings. The predicted octanol–water partition coefficient (Wildman–Crippen LogP) is 1.46. The molecule has 1 aliphatic heterocycles. The Morgan fingerprint density at radius 1 is 1.19 bits per heavy atom. The highest BCUT2D eigenvalue weighted by atomic mass is 19.4. The van der Waals surface area contributed by atoms with Crippen LogP contribution in [0.15, 0.2) is 24.3 Å². The molecule has 0 aromatic heterocycles. The highest BCUT2D eigenvalue weighted by Crippen LogP contribution is 2.31. The molecule has 1 fully saturated rings. The van der Waals surface area contributed by atoms with E-state index >= 15 is 0 Å². The number of benzene rings is 1. The fraction of sp³-hybridized carbons (Fsp3) is 0.571. The third kappa shape index (κ3) is 3.74. The van der Waals surface area contributed by atoms with Crippen molar-refractivity contribution >= 4 is 0 Å². The summed E-state index contributed by atoms with van der Waals surface area (Å²) >= 11 is 0. The van der Waals surface area contributed by atoms with Gasteiger partial charge < -0.3 is 4.90 Å². The average Bonchev–Trinajstić information content (AvgIpc) is 2.43. The Bertz CT molecular complexity index is 460. The van der Waals surface area contributed by atoms with Crippen LogP contribution in [0.2, 0.25) is 0 Å². The van der Waals surface area contributed by atoms with Crippen molar-refractivity contribution in [2.75, 3.05) is 33.7 Å². The number of alkyl halides is 3. The summed E-state index contributed by atoms with van der Waals surface area (Å²) in [5, 5.41) is 0. The van der Waals surface area contributed by atoms with Crippen LogP contribution in [0.5, 0.6) is 0 Å². The Morgan fingerprint density at radius 3 is 2.33 bits per heavy atom. The van der Waals surface area contributed by atoms with Crippen molar-refractivity contribution in [3.8, 4) is 0 Å². The van der Waals surface area contributed by atoms with Crippen LogP contribution in [0.3, 0.4) is 0 Å². The van der Waals surface area contributed by atoms with Crippen LogP contribution >= 0.6 is 0 Å². The number of hydrazine groups is 1. The van der Waals surface area contributed by atoms with E-state index in [1.807, 2.05) is 14.1 Å². The molecule has 1 aromatic carbocycles. The Labute approximate surface area is 122 Å². The number of rotatable bonds is 3. The van der Waals surface area contributed by atoms with Crippen molar-refractivity contribution in [2.24, 2.45) is 5.84 Å². The lowest BCUT2D eigenvalue weighted by molar-refractivity contribution is -0.137. The van der Waals surface area contributed by atoms with Gasteiger partial charge in [-0.2, -0.15) is 13.2 Å². The van der Waals surface area contributed by atoms with E-state index in [2.05, 4.69) is 15.2 Å². The molecule has 2 unspecified atom stereocenters. The van der Waals surface area contributed by atoms with E-state index in [0.29, 0.717) is 0 Å². The van der Waals surface area contributed by atoms with E-state index in [4.69, 9.17) is 5.84 Å². The fourth-order valence-corrected chi connectivity index (χ4v) is 2.71. The summed E-state index contributed by atoms with van der Waals surface area (Å²) in [6.45, 7) is 2.68. The number of likely N-dealkylation sites (N-methyl/N-ethyl adjacent to an activating group) is 2. The van der Waals surface area contributed by atoms with Crippen LogP contribution in [0.1, 0.15) is 17.2 Å². The first-order valence-electron chi connectivity index (χ1n) is 6.85. The van der Waals surface area contributed by atoms with Gasteiger partial charge in [0.05, 0.1) is 11.6 Å². The first kappa shape index (κ1) is 16.2. The summed E-state index contributed by atoms with van der Waals surface area (Å²) in [5.74, 6) is 5.65. The van der Waals surface area contributed by atoms with Crippen LogP contribution in [0, 0.1) is 0 Å². The van der Waals surface area contributed by atoms with Crippen LogP contribution < -0.4 is 11.3 Å². The number of nitrogens with zero attached hydrogens (tertiary/aromatic N) is 2. The molecule has 3 N–H and O–H groups in total. The van der Waals surface area contributed by atoms with Crippen molar-refractivity contribution in [3.05, 3.63) is 35.4 Å². The molecule has 2 atom stereocenters. The topological polar surface area (TPSA) is 44.5 Å². The number of hydrogen-bond acceptors (Lipinski definition) is 4.